The number of hydrogen-bond donors (Lipinski definition) is 1. The van der Waals surface area contributed by atoms with Crippen molar-refractivity contribution < 1.29 is 9.90 Å². The van der Waals surface area contributed by atoms with Crippen LogP contribution in [0.15, 0.2) is 23.8 Å². The largest absolute Gasteiger partial charge is 0.481 e. The summed E-state index contributed by atoms with van der Waals surface area (Å²) in [5.74, 6) is -1.16. The highest BCUT2D eigenvalue weighted by Crippen LogP contribution is 2.15. The van der Waals surface area contributed by atoms with Crippen molar-refractivity contribution >= 4 is 5.97 Å². The quantitative estimate of drug-likeness (QED) is 0.559. The molecule has 0 aromatic rings. The zero-order chi connectivity index (χ0) is 7.56. The fourth-order valence-corrected chi connectivity index (χ4v) is 0.984. The van der Waals surface area contributed by atoms with E-state index in [-0.39, 0.29) is 0 Å². The Balaban J connectivity index is 2.70. The monoisotopic (exact) mass is 138 g/mol. The Morgan fingerprint density at radius 3 is 2.90 bits per heavy atom. The molecule has 0 aromatic heterocycles. The maximum absolute atomic E-state index is 10.4. The third-order valence-corrected chi connectivity index (χ3v) is 1.53. The fourth-order valence-electron chi connectivity index (χ4n) is 0.984. The molecule has 1 aliphatic carbocycles. The maximum Gasteiger partial charge on any atom is 0.314 e. The van der Waals surface area contributed by atoms with Gasteiger partial charge < -0.3 is 5.11 Å². The van der Waals surface area contributed by atoms with Gasteiger partial charge in [-0.05, 0) is 13.3 Å². The summed E-state index contributed by atoms with van der Waals surface area (Å²) in [5, 5.41) is 8.56. The van der Waals surface area contributed by atoms with Gasteiger partial charge in [-0.2, -0.15) is 0 Å². The Bertz CT molecular complexity index is 201. The van der Waals surface area contributed by atoms with Crippen LogP contribution in [0.25, 0.3) is 0 Å². The molecule has 0 heterocycles. The predicted octanol–water partition coefficient (Wildman–Crippen LogP) is 1.59. The summed E-state index contributed by atoms with van der Waals surface area (Å²) >= 11 is 0. The van der Waals surface area contributed by atoms with Crippen molar-refractivity contribution in [2.45, 2.75) is 13.3 Å². The second-order valence-electron chi connectivity index (χ2n) is 2.51. The van der Waals surface area contributed by atoms with Gasteiger partial charge in [0.1, 0.15) is 0 Å². The average Bonchev–Trinajstić information content (AvgIpc) is 1.88. The minimum absolute atomic E-state index is 0.395. The van der Waals surface area contributed by atoms with Crippen LogP contribution in [0.1, 0.15) is 13.3 Å². The van der Waals surface area contributed by atoms with Gasteiger partial charge in [0, 0.05) is 0 Å². The molecule has 0 aliphatic heterocycles. The van der Waals surface area contributed by atoms with Crippen LogP contribution in [0.2, 0.25) is 0 Å². The third-order valence-electron chi connectivity index (χ3n) is 1.53. The highest BCUT2D eigenvalue weighted by molar-refractivity contribution is 5.74. The van der Waals surface area contributed by atoms with Crippen molar-refractivity contribution in [3.63, 3.8) is 0 Å². The molecule has 0 amide bonds. The molecular weight excluding hydrogens is 128 g/mol. The summed E-state index contributed by atoms with van der Waals surface area (Å²) in [7, 11) is 0. The van der Waals surface area contributed by atoms with E-state index in [9.17, 15) is 4.79 Å². The maximum atomic E-state index is 10.4. The Labute approximate surface area is 59.9 Å². The summed E-state index contributed by atoms with van der Waals surface area (Å²) < 4.78 is 0. The molecule has 1 unspecified atom stereocenters. The van der Waals surface area contributed by atoms with Gasteiger partial charge in [0.15, 0.2) is 0 Å². The van der Waals surface area contributed by atoms with Crippen LogP contribution in [-0.2, 0) is 4.79 Å². The van der Waals surface area contributed by atoms with Gasteiger partial charge in [-0.1, -0.05) is 23.8 Å². The van der Waals surface area contributed by atoms with Crippen molar-refractivity contribution in [1.82, 2.24) is 0 Å². The van der Waals surface area contributed by atoms with Gasteiger partial charge in [-0.25, -0.2) is 0 Å². The highest BCUT2D eigenvalue weighted by atomic mass is 16.4. The topological polar surface area (TPSA) is 37.3 Å². The van der Waals surface area contributed by atoms with E-state index < -0.39 is 11.9 Å². The van der Waals surface area contributed by atoms with Crippen molar-refractivity contribution in [2.75, 3.05) is 0 Å². The molecule has 2 heteroatoms. The Kier molecular flexibility index (Phi) is 1.90. The SMILES string of the molecule is CC1=CC(C(=O)O)C=CC1. The predicted molar refractivity (Wildman–Crippen MR) is 38.6 cm³/mol. The zero-order valence-electron chi connectivity index (χ0n) is 5.87. The molecule has 0 radical (unpaired) electrons. The Morgan fingerprint density at radius 1 is 1.80 bits per heavy atom. The summed E-state index contributed by atoms with van der Waals surface area (Å²) in [6.45, 7) is 1.94. The second kappa shape index (κ2) is 2.69. The van der Waals surface area contributed by atoms with Gasteiger partial charge in [0.2, 0.25) is 0 Å². The van der Waals surface area contributed by atoms with E-state index in [4.69, 9.17) is 5.11 Å². The second-order valence-corrected chi connectivity index (χ2v) is 2.51. The number of hydrogen-bond acceptors (Lipinski definition) is 1. The van der Waals surface area contributed by atoms with Gasteiger partial charge >= 0.3 is 5.97 Å². The van der Waals surface area contributed by atoms with Crippen LogP contribution in [0.4, 0.5) is 0 Å². The van der Waals surface area contributed by atoms with E-state index in [2.05, 4.69) is 0 Å². The van der Waals surface area contributed by atoms with Crippen LogP contribution in [0.5, 0.6) is 0 Å². The van der Waals surface area contributed by atoms with Crippen LogP contribution >= 0.6 is 0 Å². The molecule has 0 aromatic carbocycles. The van der Waals surface area contributed by atoms with Gasteiger partial charge in [0.05, 0.1) is 5.92 Å². The summed E-state index contributed by atoms with van der Waals surface area (Å²) in [6.07, 6.45) is 6.29. The Morgan fingerprint density at radius 2 is 2.50 bits per heavy atom. The van der Waals surface area contributed by atoms with E-state index in [1.165, 1.54) is 0 Å². The third kappa shape index (κ3) is 1.47. The normalized spacial score (nSPS) is 24.1. The van der Waals surface area contributed by atoms with Crippen molar-refractivity contribution in [3.05, 3.63) is 23.8 Å². The number of allylic oxidation sites excluding steroid dienone is 2. The van der Waals surface area contributed by atoms with E-state index in [0.717, 1.165) is 12.0 Å². The lowest BCUT2D eigenvalue weighted by Crippen LogP contribution is -2.10. The van der Waals surface area contributed by atoms with Crippen LogP contribution < -0.4 is 0 Å². The molecule has 0 bridgehead atoms. The van der Waals surface area contributed by atoms with E-state index >= 15 is 0 Å². The first-order chi connectivity index (χ1) is 4.70. The molecule has 0 spiro atoms. The molecule has 0 fully saturated rings. The average molecular weight is 138 g/mol. The van der Waals surface area contributed by atoms with E-state index in [1.54, 1.807) is 12.2 Å². The minimum Gasteiger partial charge on any atom is -0.481 e. The zero-order valence-corrected chi connectivity index (χ0v) is 5.87. The van der Waals surface area contributed by atoms with Crippen molar-refractivity contribution in [2.24, 2.45) is 5.92 Å². The minimum atomic E-state index is -0.768. The molecule has 1 rings (SSSR count). The first-order valence-corrected chi connectivity index (χ1v) is 3.27. The van der Waals surface area contributed by atoms with Crippen LogP contribution in [-0.4, -0.2) is 11.1 Å². The molecule has 2 nitrogen and oxygen atoms in total. The summed E-state index contributed by atoms with van der Waals surface area (Å²) in [5.41, 5.74) is 1.13. The van der Waals surface area contributed by atoms with Gasteiger partial charge in [0.25, 0.3) is 0 Å². The van der Waals surface area contributed by atoms with Crippen molar-refractivity contribution in [3.8, 4) is 0 Å². The van der Waals surface area contributed by atoms with E-state index in [0.29, 0.717) is 0 Å². The molecule has 1 aliphatic rings. The summed E-state index contributed by atoms with van der Waals surface area (Å²) in [4.78, 5) is 10.4. The van der Waals surface area contributed by atoms with Gasteiger partial charge in [-0.3, -0.25) is 4.79 Å². The lowest BCUT2D eigenvalue weighted by Gasteiger charge is -2.07. The number of rotatable bonds is 1. The van der Waals surface area contributed by atoms with Crippen LogP contribution in [0.3, 0.4) is 0 Å². The molecule has 1 atom stereocenters. The number of carboxylic acid groups (broad SMARTS) is 1. The lowest BCUT2D eigenvalue weighted by molar-refractivity contribution is -0.138. The van der Waals surface area contributed by atoms with Gasteiger partial charge in [-0.15, -0.1) is 0 Å². The molecule has 0 saturated heterocycles. The lowest BCUT2D eigenvalue weighted by atomic mass is 9.98. The molecule has 0 saturated carbocycles. The first-order valence-electron chi connectivity index (χ1n) is 3.27. The number of carboxylic acids is 1. The standard InChI is InChI=1S/C8H10O2/c1-6-3-2-4-7(5-6)8(9)10/h2,4-5,7H,3H2,1H3,(H,9,10). The van der Waals surface area contributed by atoms with E-state index in [1.807, 2.05) is 13.0 Å². The summed E-state index contributed by atoms with van der Waals surface area (Å²) in [6, 6.07) is 0. The fraction of sp³-hybridized carbons (Fsp3) is 0.375. The number of aliphatic carboxylic acids is 1. The molecular formula is C8H10O2. The number of carbonyl (C=O) groups is 1. The molecule has 10 heavy (non-hydrogen) atoms. The smallest absolute Gasteiger partial charge is 0.314 e. The first kappa shape index (κ1) is 7.06. The molecule has 1 N–H and O–H groups in total. The molecule has 54 valence electrons. The van der Waals surface area contributed by atoms with Crippen molar-refractivity contribution in [1.29, 1.82) is 0 Å². The Hall–Kier alpha value is -1.05. The highest BCUT2D eigenvalue weighted by Gasteiger charge is 2.12. The van der Waals surface area contributed by atoms with Crippen LogP contribution in [0, 0.1) is 5.92 Å².